The zero-order valence-electron chi connectivity index (χ0n) is 10.4. The van der Waals surface area contributed by atoms with Gasteiger partial charge in [-0.25, -0.2) is 4.98 Å². The number of aryl methyl sites for hydroxylation is 1. The molecule has 1 heterocycles. The molecule has 0 fully saturated rings. The summed E-state index contributed by atoms with van der Waals surface area (Å²) in [6.45, 7) is 7.57. The zero-order chi connectivity index (χ0) is 12.3. The number of rotatable bonds is 2. The van der Waals surface area contributed by atoms with Crippen LogP contribution < -0.4 is 5.32 Å². The van der Waals surface area contributed by atoms with E-state index in [0.29, 0.717) is 5.82 Å². The fourth-order valence-corrected chi connectivity index (χ4v) is 1.59. The Morgan fingerprint density at radius 1 is 1.38 bits per heavy atom. The van der Waals surface area contributed by atoms with Gasteiger partial charge < -0.3 is 5.32 Å². The van der Waals surface area contributed by atoms with Crippen molar-refractivity contribution in [1.82, 2.24) is 4.98 Å². The summed E-state index contributed by atoms with van der Waals surface area (Å²) in [4.78, 5) is 17.2. The normalized spacial score (nSPS) is 11.3. The molecule has 1 amide bonds. The summed E-state index contributed by atoms with van der Waals surface area (Å²) in [5.74, 6) is 0.647. The van der Waals surface area contributed by atoms with Crippen LogP contribution in [0.15, 0.2) is 17.0 Å². The first kappa shape index (κ1) is 13.0. The van der Waals surface area contributed by atoms with E-state index >= 15 is 0 Å². The number of pyridine rings is 1. The monoisotopic (exact) mass is 238 g/mol. The molecule has 0 aliphatic heterocycles. The number of carbonyl (C=O) groups excluding carboxylic acids is 1. The average molecular weight is 238 g/mol. The largest absolute Gasteiger partial charge is 0.309 e. The second-order valence-corrected chi connectivity index (χ2v) is 5.56. The SMILES string of the molecule is CSc1ccc(C)nc1NC(=O)C(C)(C)C. The van der Waals surface area contributed by atoms with Gasteiger partial charge in [0, 0.05) is 16.0 Å². The molecule has 3 nitrogen and oxygen atoms in total. The van der Waals surface area contributed by atoms with E-state index in [-0.39, 0.29) is 5.91 Å². The van der Waals surface area contributed by atoms with Crippen LogP contribution in [0.4, 0.5) is 5.82 Å². The molecule has 1 N–H and O–H groups in total. The minimum Gasteiger partial charge on any atom is -0.309 e. The van der Waals surface area contributed by atoms with Crippen molar-refractivity contribution >= 4 is 23.5 Å². The minimum atomic E-state index is -0.402. The molecule has 0 saturated carbocycles. The van der Waals surface area contributed by atoms with Crippen LogP contribution in [0.2, 0.25) is 0 Å². The summed E-state index contributed by atoms with van der Waals surface area (Å²) in [6.07, 6.45) is 1.97. The molecule has 4 heteroatoms. The smallest absolute Gasteiger partial charge is 0.230 e. The summed E-state index contributed by atoms with van der Waals surface area (Å²) >= 11 is 1.58. The first-order chi connectivity index (χ1) is 7.34. The maximum Gasteiger partial charge on any atom is 0.230 e. The highest BCUT2D eigenvalue weighted by molar-refractivity contribution is 7.98. The third kappa shape index (κ3) is 3.23. The van der Waals surface area contributed by atoms with Crippen molar-refractivity contribution in [2.75, 3.05) is 11.6 Å². The summed E-state index contributed by atoms with van der Waals surface area (Å²) in [5.41, 5.74) is 0.503. The molecule has 0 spiro atoms. The van der Waals surface area contributed by atoms with Gasteiger partial charge in [0.05, 0.1) is 0 Å². The lowest BCUT2D eigenvalue weighted by Gasteiger charge is -2.18. The Morgan fingerprint density at radius 3 is 2.50 bits per heavy atom. The summed E-state index contributed by atoms with van der Waals surface area (Å²) in [6, 6.07) is 3.92. The molecule has 0 atom stereocenters. The van der Waals surface area contributed by atoms with Crippen molar-refractivity contribution in [2.24, 2.45) is 5.41 Å². The Morgan fingerprint density at radius 2 is 2.00 bits per heavy atom. The standard InChI is InChI=1S/C12H18N2OS/c1-8-6-7-9(16-5)10(13-8)14-11(15)12(2,3)4/h6-7H,1-5H3,(H,13,14,15). The Balaban J connectivity index is 2.96. The molecule has 88 valence electrons. The third-order valence-corrected chi connectivity index (χ3v) is 2.90. The van der Waals surface area contributed by atoms with Crippen molar-refractivity contribution in [2.45, 2.75) is 32.6 Å². The molecular weight excluding hydrogens is 220 g/mol. The molecular formula is C12H18N2OS. The van der Waals surface area contributed by atoms with Gasteiger partial charge in [-0.2, -0.15) is 0 Å². The zero-order valence-corrected chi connectivity index (χ0v) is 11.2. The van der Waals surface area contributed by atoms with E-state index in [9.17, 15) is 4.79 Å². The highest BCUT2D eigenvalue weighted by Gasteiger charge is 2.22. The average Bonchev–Trinajstić information content (AvgIpc) is 2.16. The summed E-state index contributed by atoms with van der Waals surface area (Å²) in [5, 5.41) is 2.87. The Bertz CT molecular complexity index is 396. The Kier molecular flexibility index (Phi) is 3.97. The van der Waals surface area contributed by atoms with Crippen molar-refractivity contribution < 1.29 is 4.79 Å². The van der Waals surface area contributed by atoms with Crippen LogP contribution in [0.5, 0.6) is 0 Å². The lowest BCUT2D eigenvalue weighted by atomic mass is 9.96. The molecule has 0 aromatic carbocycles. The van der Waals surface area contributed by atoms with E-state index in [1.807, 2.05) is 46.1 Å². The van der Waals surface area contributed by atoms with E-state index in [4.69, 9.17) is 0 Å². The van der Waals surface area contributed by atoms with Gasteiger partial charge in [-0.1, -0.05) is 20.8 Å². The van der Waals surface area contributed by atoms with E-state index in [0.717, 1.165) is 10.6 Å². The molecule has 0 saturated heterocycles. The van der Waals surface area contributed by atoms with Crippen LogP contribution in [0.3, 0.4) is 0 Å². The van der Waals surface area contributed by atoms with E-state index in [1.54, 1.807) is 11.8 Å². The number of carbonyl (C=O) groups is 1. The van der Waals surface area contributed by atoms with E-state index in [2.05, 4.69) is 10.3 Å². The van der Waals surface area contributed by atoms with E-state index < -0.39 is 5.41 Å². The van der Waals surface area contributed by atoms with Crippen LogP contribution in [0.1, 0.15) is 26.5 Å². The van der Waals surface area contributed by atoms with Gasteiger partial charge >= 0.3 is 0 Å². The summed E-state index contributed by atoms with van der Waals surface area (Å²) in [7, 11) is 0. The first-order valence-corrected chi connectivity index (χ1v) is 6.40. The van der Waals surface area contributed by atoms with Gasteiger partial charge in [0.25, 0.3) is 0 Å². The number of nitrogens with zero attached hydrogens (tertiary/aromatic N) is 1. The molecule has 1 rings (SSSR count). The van der Waals surface area contributed by atoms with Gasteiger partial charge in [-0.15, -0.1) is 11.8 Å². The van der Waals surface area contributed by atoms with E-state index in [1.165, 1.54) is 0 Å². The molecule has 0 bridgehead atoms. The van der Waals surface area contributed by atoms with Gasteiger partial charge in [0.2, 0.25) is 5.91 Å². The molecule has 0 aliphatic carbocycles. The summed E-state index contributed by atoms with van der Waals surface area (Å²) < 4.78 is 0. The fraction of sp³-hybridized carbons (Fsp3) is 0.500. The van der Waals surface area contributed by atoms with Crippen LogP contribution in [-0.2, 0) is 4.79 Å². The van der Waals surface area contributed by atoms with Crippen LogP contribution >= 0.6 is 11.8 Å². The molecule has 0 radical (unpaired) electrons. The quantitative estimate of drug-likeness (QED) is 0.805. The predicted molar refractivity (Wildman–Crippen MR) is 68.8 cm³/mol. The minimum absolute atomic E-state index is 0.0131. The second kappa shape index (κ2) is 4.87. The number of anilines is 1. The number of aromatic nitrogens is 1. The number of nitrogens with one attached hydrogen (secondary N) is 1. The molecule has 1 aromatic heterocycles. The fourth-order valence-electron chi connectivity index (χ4n) is 1.09. The number of thioether (sulfide) groups is 1. The number of amides is 1. The van der Waals surface area contributed by atoms with Crippen molar-refractivity contribution in [3.8, 4) is 0 Å². The maximum absolute atomic E-state index is 11.9. The highest BCUT2D eigenvalue weighted by Crippen LogP contribution is 2.25. The van der Waals surface area contributed by atoms with Gasteiger partial charge in [-0.05, 0) is 25.3 Å². The molecule has 0 unspecified atom stereocenters. The Labute approximate surface area is 101 Å². The molecule has 16 heavy (non-hydrogen) atoms. The van der Waals surface area contributed by atoms with Crippen LogP contribution in [0.25, 0.3) is 0 Å². The first-order valence-electron chi connectivity index (χ1n) is 5.17. The number of hydrogen-bond acceptors (Lipinski definition) is 3. The predicted octanol–water partition coefficient (Wildman–Crippen LogP) is 3.10. The van der Waals surface area contributed by atoms with Crippen molar-refractivity contribution in [3.63, 3.8) is 0 Å². The lowest BCUT2D eigenvalue weighted by Crippen LogP contribution is -2.28. The molecule has 0 aliphatic rings. The van der Waals surface area contributed by atoms with Gasteiger partial charge in [0.15, 0.2) is 0 Å². The molecule has 1 aromatic rings. The lowest BCUT2D eigenvalue weighted by molar-refractivity contribution is -0.123. The third-order valence-electron chi connectivity index (χ3n) is 2.13. The number of hydrogen-bond donors (Lipinski definition) is 1. The van der Waals surface area contributed by atoms with Gasteiger partial charge in [-0.3, -0.25) is 4.79 Å². The maximum atomic E-state index is 11.9. The highest BCUT2D eigenvalue weighted by atomic mass is 32.2. The van der Waals surface area contributed by atoms with Crippen molar-refractivity contribution in [1.29, 1.82) is 0 Å². The Hall–Kier alpha value is -1.03. The van der Waals surface area contributed by atoms with Crippen molar-refractivity contribution in [3.05, 3.63) is 17.8 Å². The second-order valence-electron chi connectivity index (χ2n) is 4.71. The van der Waals surface area contributed by atoms with Crippen LogP contribution in [-0.4, -0.2) is 17.1 Å². The topological polar surface area (TPSA) is 42.0 Å². The van der Waals surface area contributed by atoms with Crippen LogP contribution in [0, 0.1) is 12.3 Å². The van der Waals surface area contributed by atoms with Gasteiger partial charge in [0.1, 0.15) is 5.82 Å².